The lowest BCUT2D eigenvalue weighted by molar-refractivity contribution is -0.112. The molecule has 1 aliphatic rings. The van der Waals surface area contributed by atoms with E-state index in [0.717, 1.165) is 62.5 Å². The summed E-state index contributed by atoms with van der Waals surface area (Å²) in [6.45, 7) is 4.94. The minimum atomic E-state index is -0.125. The summed E-state index contributed by atoms with van der Waals surface area (Å²) in [5, 5.41) is 3.67. The lowest BCUT2D eigenvalue weighted by Gasteiger charge is -2.25. The van der Waals surface area contributed by atoms with Gasteiger partial charge in [0.25, 0.3) is 0 Å². The van der Waals surface area contributed by atoms with Crippen LogP contribution in [-0.4, -0.2) is 49.8 Å². The number of nitrogens with one attached hydrogen (secondary N) is 1. The number of carbonyl (C=O) groups is 2. The van der Waals surface area contributed by atoms with E-state index in [1.54, 1.807) is 0 Å². The summed E-state index contributed by atoms with van der Waals surface area (Å²) >= 11 is 0. The Hall–Kier alpha value is -1.56. The van der Waals surface area contributed by atoms with Gasteiger partial charge in [-0.3, -0.25) is 9.69 Å². The van der Waals surface area contributed by atoms with Crippen molar-refractivity contribution in [2.75, 3.05) is 20.2 Å². The second-order valence-corrected chi connectivity index (χ2v) is 8.56. The summed E-state index contributed by atoms with van der Waals surface area (Å²) < 4.78 is 5.94. The number of unbranched alkanes of at least 4 members (excludes halogenated alkanes) is 1. The van der Waals surface area contributed by atoms with E-state index in [1.807, 2.05) is 30.1 Å². The van der Waals surface area contributed by atoms with Crippen LogP contribution in [0.5, 0.6) is 0 Å². The number of nitrogens with zero attached hydrogens (tertiary/aromatic N) is 1. The van der Waals surface area contributed by atoms with Crippen molar-refractivity contribution < 1.29 is 14.3 Å². The van der Waals surface area contributed by atoms with Gasteiger partial charge in [-0.25, -0.2) is 0 Å². The number of hydrogen-bond acceptors (Lipinski definition) is 5. The molecule has 5 heteroatoms. The average Bonchev–Trinajstić information content (AvgIpc) is 2.78. The van der Waals surface area contributed by atoms with Crippen molar-refractivity contribution in [2.24, 2.45) is 0 Å². The SMILES string of the molecule is CCCC(C=O)N(C)Cc1c(C=O)cccc1COCCCCNC1CCCCC1. The quantitative estimate of drug-likeness (QED) is 0.337. The number of ether oxygens (including phenoxy) is 1. The van der Waals surface area contributed by atoms with Crippen molar-refractivity contribution in [2.45, 2.75) is 89.9 Å². The van der Waals surface area contributed by atoms with E-state index < -0.39 is 0 Å². The Labute approximate surface area is 182 Å². The first-order valence-corrected chi connectivity index (χ1v) is 11.7. The van der Waals surface area contributed by atoms with Gasteiger partial charge in [-0.1, -0.05) is 50.8 Å². The minimum Gasteiger partial charge on any atom is -0.377 e. The van der Waals surface area contributed by atoms with Crippen molar-refractivity contribution in [3.63, 3.8) is 0 Å². The highest BCUT2D eigenvalue weighted by Gasteiger charge is 2.17. The fourth-order valence-corrected chi connectivity index (χ4v) is 4.27. The first kappa shape index (κ1) is 24.7. The molecule has 0 heterocycles. The molecule has 0 saturated heterocycles. The highest BCUT2D eigenvalue weighted by Crippen LogP contribution is 2.19. The molecule has 30 heavy (non-hydrogen) atoms. The van der Waals surface area contributed by atoms with Crippen molar-refractivity contribution in [3.05, 3.63) is 34.9 Å². The number of rotatable bonds is 15. The van der Waals surface area contributed by atoms with Crippen molar-refractivity contribution in [3.8, 4) is 0 Å². The zero-order chi connectivity index (χ0) is 21.6. The highest BCUT2D eigenvalue weighted by molar-refractivity contribution is 5.78. The summed E-state index contributed by atoms with van der Waals surface area (Å²) in [5.41, 5.74) is 2.69. The third kappa shape index (κ3) is 8.29. The standard InChI is InChI=1S/C25H40N2O3/c1-3-10-24(19-29)27(2)17-25-21(18-28)11-9-12-22(25)20-30-16-8-7-15-26-23-13-5-4-6-14-23/h9,11-12,18-19,23-24,26H,3-8,10,13-17,20H2,1-2H3. The second-order valence-electron chi connectivity index (χ2n) is 8.56. The van der Waals surface area contributed by atoms with Crippen molar-refractivity contribution >= 4 is 12.6 Å². The monoisotopic (exact) mass is 416 g/mol. The largest absolute Gasteiger partial charge is 0.377 e. The molecule has 1 fully saturated rings. The molecule has 1 saturated carbocycles. The molecular formula is C25H40N2O3. The van der Waals surface area contributed by atoms with Gasteiger partial charge in [0.15, 0.2) is 0 Å². The number of carbonyl (C=O) groups excluding carboxylic acids is 2. The molecule has 0 aliphatic heterocycles. The molecular weight excluding hydrogens is 376 g/mol. The van der Waals surface area contributed by atoms with E-state index in [0.29, 0.717) is 24.8 Å². The number of aldehydes is 2. The maximum Gasteiger partial charge on any atom is 0.150 e. The van der Waals surface area contributed by atoms with Crippen LogP contribution < -0.4 is 5.32 Å². The van der Waals surface area contributed by atoms with Gasteiger partial charge in [0.2, 0.25) is 0 Å². The molecule has 1 aromatic carbocycles. The Kier molecular flexibility index (Phi) is 11.9. The Morgan fingerprint density at radius 3 is 2.70 bits per heavy atom. The Bertz CT molecular complexity index is 629. The molecule has 1 unspecified atom stereocenters. The molecule has 5 nitrogen and oxygen atoms in total. The fourth-order valence-electron chi connectivity index (χ4n) is 4.27. The lowest BCUT2D eigenvalue weighted by atomic mass is 9.95. The summed E-state index contributed by atoms with van der Waals surface area (Å²) in [5.74, 6) is 0. The summed E-state index contributed by atoms with van der Waals surface area (Å²) in [6.07, 6.45) is 12.6. The smallest absolute Gasteiger partial charge is 0.150 e. The number of benzene rings is 1. The van der Waals surface area contributed by atoms with Crippen LogP contribution in [0.1, 0.15) is 86.2 Å². The van der Waals surface area contributed by atoms with Crippen LogP contribution in [0.4, 0.5) is 0 Å². The Morgan fingerprint density at radius 2 is 2.00 bits per heavy atom. The van der Waals surface area contributed by atoms with Crippen LogP contribution in [0.15, 0.2) is 18.2 Å². The summed E-state index contributed by atoms with van der Waals surface area (Å²) in [6, 6.07) is 6.36. The van der Waals surface area contributed by atoms with Gasteiger partial charge in [0.05, 0.1) is 12.6 Å². The lowest BCUT2D eigenvalue weighted by Crippen LogP contribution is -2.33. The van der Waals surface area contributed by atoms with E-state index in [-0.39, 0.29) is 6.04 Å². The van der Waals surface area contributed by atoms with E-state index in [2.05, 4.69) is 12.2 Å². The molecule has 168 valence electrons. The van der Waals surface area contributed by atoms with Gasteiger partial charge in [-0.15, -0.1) is 0 Å². The normalized spacial score (nSPS) is 16.0. The van der Waals surface area contributed by atoms with Crippen LogP contribution in [0.3, 0.4) is 0 Å². The van der Waals surface area contributed by atoms with Crippen LogP contribution in [0, 0.1) is 0 Å². The number of hydrogen-bond donors (Lipinski definition) is 1. The van der Waals surface area contributed by atoms with Gasteiger partial charge in [-0.05, 0) is 56.8 Å². The van der Waals surface area contributed by atoms with Gasteiger partial charge in [0.1, 0.15) is 12.6 Å². The molecule has 2 rings (SSSR count). The third-order valence-corrected chi connectivity index (χ3v) is 6.16. The van der Waals surface area contributed by atoms with Gasteiger partial charge in [-0.2, -0.15) is 0 Å². The minimum absolute atomic E-state index is 0.125. The number of likely N-dealkylation sites (N-methyl/N-ethyl adjacent to an activating group) is 1. The topological polar surface area (TPSA) is 58.6 Å². The Morgan fingerprint density at radius 1 is 1.20 bits per heavy atom. The fraction of sp³-hybridized carbons (Fsp3) is 0.680. The first-order chi connectivity index (χ1) is 14.7. The zero-order valence-corrected chi connectivity index (χ0v) is 18.9. The molecule has 0 aromatic heterocycles. The molecule has 1 atom stereocenters. The predicted octanol–water partition coefficient (Wildman–Crippen LogP) is 4.52. The van der Waals surface area contributed by atoms with E-state index in [1.165, 1.54) is 32.1 Å². The molecule has 0 radical (unpaired) electrons. The van der Waals surface area contributed by atoms with Crippen molar-refractivity contribution in [1.29, 1.82) is 0 Å². The summed E-state index contributed by atoms with van der Waals surface area (Å²) in [7, 11) is 1.94. The zero-order valence-electron chi connectivity index (χ0n) is 18.9. The Balaban J connectivity index is 1.79. The van der Waals surface area contributed by atoms with Crippen LogP contribution in [0.25, 0.3) is 0 Å². The molecule has 1 aromatic rings. The van der Waals surface area contributed by atoms with Gasteiger partial charge >= 0.3 is 0 Å². The predicted molar refractivity (Wildman–Crippen MR) is 122 cm³/mol. The van der Waals surface area contributed by atoms with E-state index in [9.17, 15) is 9.59 Å². The highest BCUT2D eigenvalue weighted by atomic mass is 16.5. The third-order valence-electron chi connectivity index (χ3n) is 6.16. The molecule has 1 N–H and O–H groups in total. The van der Waals surface area contributed by atoms with Crippen LogP contribution in [-0.2, 0) is 22.7 Å². The molecule has 0 bridgehead atoms. The molecule has 0 spiro atoms. The average molecular weight is 417 g/mol. The first-order valence-electron chi connectivity index (χ1n) is 11.7. The van der Waals surface area contributed by atoms with Gasteiger partial charge in [0, 0.05) is 24.8 Å². The maximum absolute atomic E-state index is 11.6. The molecule has 0 amide bonds. The molecule has 1 aliphatic carbocycles. The van der Waals surface area contributed by atoms with Crippen LogP contribution in [0.2, 0.25) is 0 Å². The maximum atomic E-state index is 11.6. The van der Waals surface area contributed by atoms with Crippen LogP contribution >= 0.6 is 0 Å². The van der Waals surface area contributed by atoms with E-state index >= 15 is 0 Å². The van der Waals surface area contributed by atoms with Crippen molar-refractivity contribution in [1.82, 2.24) is 10.2 Å². The summed E-state index contributed by atoms with van der Waals surface area (Å²) in [4.78, 5) is 25.0. The van der Waals surface area contributed by atoms with Gasteiger partial charge < -0.3 is 14.8 Å². The van der Waals surface area contributed by atoms with E-state index in [4.69, 9.17) is 4.74 Å². The second kappa shape index (κ2) is 14.4.